The van der Waals surface area contributed by atoms with Crippen LogP contribution in [0.3, 0.4) is 0 Å². The van der Waals surface area contributed by atoms with Crippen molar-refractivity contribution in [1.82, 2.24) is 10.2 Å². The van der Waals surface area contributed by atoms with Crippen LogP contribution in [0.25, 0.3) is 0 Å². The number of rotatable bonds is 5. The van der Waals surface area contributed by atoms with Crippen LogP contribution >= 0.6 is 0 Å². The number of carbonyl (C=O) groups excluding carboxylic acids is 1. The maximum atomic E-state index is 11.5. The summed E-state index contributed by atoms with van der Waals surface area (Å²) in [6, 6.07) is 0.455. The molecule has 0 atom stereocenters. The molecule has 0 bridgehead atoms. The van der Waals surface area contributed by atoms with Crippen molar-refractivity contribution in [3.05, 3.63) is 0 Å². The molecule has 5 heteroatoms. The molecular weight excluding hydrogens is 240 g/mol. The van der Waals surface area contributed by atoms with E-state index in [1.54, 1.807) is 0 Å². The van der Waals surface area contributed by atoms with Crippen LogP contribution in [-0.2, 0) is 4.79 Å². The minimum absolute atomic E-state index is 0.156. The number of aliphatic imine (C=N–C) groups is 1. The summed E-state index contributed by atoms with van der Waals surface area (Å²) in [6.07, 6.45) is 6.02. The fraction of sp³-hybridized carbons (Fsp3) is 0.857. The number of carbonyl (C=O) groups is 1. The number of hydrogen-bond donors (Lipinski definition) is 2. The highest BCUT2D eigenvalue weighted by molar-refractivity contribution is 5.78. The monoisotopic (exact) mass is 266 g/mol. The lowest BCUT2D eigenvalue weighted by molar-refractivity contribution is -0.121. The molecular formula is C14H26N4O. The zero-order valence-corrected chi connectivity index (χ0v) is 11.9. The lowest BCUT2D eigenvalue weighted by Crippen LogP contribution is -2.42. The molecule has 1 saturated carbocycles. The molecule has 19 heavy (non-hydrogen) atoms. The molecule has 2 aliphatic rings. The normalized spacial score (nSPS) is 21.5. The predicted octanol–water partition coefficient (Wildman–Crippen LogP) is 1.09. The Bertz CT molecular complexity index is 330. The molecule has 0 aromatic rings. The maximum absolute atomic E-state index is 11.5. The first-order valence-electron chi connectivity index (χ1n) is 7.49. The summed E-state index contributed by atoms with van der Waals surface area (Å²) in [7, 11) is 0. The Labute approximate surface area is 115 Å². The van der Waals surface area contributed by atoms with Crippen LogP contribution in [0.4, 0.5) is 0 Å². The van der Waals surface area contributed by atoms with Gasteiger partial charge in [-0.25, -0.2) is 0 Å². The number of amides is 1. The quantitative estimate of drug-likeness (QED) is 0.444. The number of nitrogens with zero attached hydrogens (tertiary/aromatic N) is 2. The molecule has 5 nitrogen and oxygen atoms in total. The van der Waals surface area contributed by atoms with Gasteiger partial charge in [0, 0.05) is 32.1 Å². The number of piperidine rings is 1. The van der Waals surface area contributed by atoms with Crippen molar-refractivity contribution in [3.8, 4) is 0 Å². The second-order valence-corrected chi connectivity index (χ2v) is 5.85. The number of likely N-dealkylation sites (tertiary alicyclic amines) is 1. The van der Waals surface area contributed by atoms with E-state index in [1.807, 2.05) is 0 Å². The molecule has 1 heterocycles. The Morgan fingerprint density at radius 3 is 2.63 bits per heavy atom. The smallest absolute Gasteiger partial charge is 0.220 e. The van der Waals surface area contributed by atoms with Gasteiger partial charge in [0.1, 0.15) is 0 Å². The zero-order valence-electron chi connectivity index (χ0n) is 11.9. The molecule has 1 saturated heterocycles. The summed E-state index contributed by atoms with van der Waals surface area (Å²) in [5.74, 6) is 1.60. The van der Waals surface area contributed by atoms with Crippen molar-refractivity contribution in [2.45, 2.75) is 51.5 Å². The van der Waals surface area contributed by atoms with Gasteiger partial charge in [-0.1, -0.05) is 6.92 Å². The van der Waals surface area contributed by atoms with E-state index in [4.69, 9.17) is 5.73 Å². The molecule has 3 N–H and O–H groups in total. The third kappa shape index (κ3) is 5.09. The molecule has 108 valence electrons. The molecule has 2 fully saturated rings. The Kier molecular flexibility index (Phi) is 5.05. The first-order chi connectivity index (χ1) is 9.15. The molecule has 1 amide bonds. The van der Waals surface area contributed by atoms with Crippen molar-refractivity contribution < 1.29 is 4.79 Å². The van der Waals surface area contributed by atoms with E-state index in [0.29, 0.717) is 25.0 Å². The lowest BCUT2D eigenvalue weighted by Gasteiger charge is -2.31. The fourth-order valence-corrected chi connectivity index (χ4v) is 2.30. The summed E-state index contributed by atoms with van der Waals surface area (Å²) < 4.78 is 0. The molecule has 1 aliphatic heterocycles. The largest absolute Gasteiger partial charge is 0.370 e. The van der Waals surface area contributed by atoms with Crippen LogP contribution in [-0.4, -0.2) is 42.4 Å². The molecule has 0 radical (unpaired) electrons. The number of guanidine groups is 1. The molecule has 1 aliphatic carbocycles. The highest BCUT2D eigenvalue weighted by Crippen LogP contribution is 2.18. The van der Waals surface area contributed by atoms with Crippen molar-refractivity contribution in [2.24, 2.45) is 16.6 Å². The molecule has 0 spiro atoms. The molecule has 0 aromatic carbocycles. The van der Waals surface area contributed by atoms with Gasteiger partial charge in [0.25, 0.3) is 0 Å². The van der Waals surface area contributed by atoms with E-state index < -0.39 is 0 Å². The third-order valence-corrected chi connectivity index (χ3v) is 3.89. The summed E-state index contributed by atoms with van der Waals surface area (Å²) in [6.45, 7) is 4.95. The predicted molar refractivity (Wildman–Crippen MR) is 76.9 cm³/mol. The van der Waals surface area contributed by atoms with Crippen LogP contribution in [0, 0.1) is 5.92 Å². The standard InChI is InChI=1S/C14H26N4O/c1-11-6-9-18(10-7-11)14(15)16-8-2-3-13(19)17-12-4-5-12/h11-12H,2-10H2,1H3,(H2,15,16)(H,17,19). The SMILES string of the molecule is CC1CCN(C(N)=NCCCC(=O)NC2CC2)CC1. The van der Waals surface area contributed by atoms with E-state index in [9.17, 15) is 4.79 Å². The second-order valence-electron chi connectivity index (χ2n) is 5.85. The van der Waals surface area contributed by atoms with Gasteiger partial charge in [0.05, 0.1) is 0 Å². The third-order valence-electron chi connectivity index (χ3n) is 3.89. The molecule has 0 aromatic heterocycles. The van der Waals surface area contributed by atoms with Crippen LogP contribution < -0.4 is 11.1 Å². The Morgan fingerprint density at radius 2 is 2.00 bits per heavy atom. The van der Waals surface area contributed by atoms with Gasteiger partial charge < -0.3 is 16.0 Å². The van der Waals surface area contributed by atoms with Gasteiger partial charge in [0.15, 0.2) is 5.96 Å². The second kappa shape index (κ2) is 6.78. The van der Waals surface area contributed by atoms with Crippen molar-refractivity contribution in [1.29, 1.82) is 0 Å². The summed E-state index contributed by atoms with van der Waals surface area (Å²) >= 11 is 0. The highest BCUT2D eigenvalue weighted by atomic mass is 16.1. The minimum atomic E-state index is 0.156. The van der Waals surface area contributed by atoms with E-state index >= 15 is 0 Å². The Balaban J connectivity index is 1.59. The lowest BCUT2D eigenvalue weighted by atomic mass is 10.00. The van der Waals surface area contributed by atoms with Gasteiger partial charge in [0.2, 0.25) is 5.91 Å². The first-order valence-corrected chi connectivity index (χ1v) is 7.49. The zero-order chi connectivity index (χ0) is 13.7. The Hall–Kier alpha value is -1.26. The molecule has 0 unspecified atom stereocenters. The summed E-state index contributed by atoms with van der Waals surface area (Å²) in [5, 5.41) is 2.98. The van der Waals surface area contributed by atoms with E-state index in [2.05, 4.69) is 22.1 Å². The number of hydrogen-bond acceptors (Lipinski definition) is 2. The van der Waals surface area contributed by atoms with Gasteiger partial charge in [-0.05, 0) is 38.0 Å². The van der Waals surface area contributed by atoms with Gasteiger partial charge in [-0.15, -0.1) is 0 Å². The van der Waals surface area contributed by atoms with Crippen molar-refractivity contribution in [3.63, 3.8) is 0 Å². The number of nitrogens with one attached hydrogen (secondary N) is 1. The van der Waals surface area contributed by atoms with Crippen LogP contribution in [0.2, 0.25) is 0 Å². The van der Waals surface area contributed by atoms with Gasteiger partial charge in [-0.3, -0.25) is 9.79 Å². The van der Waals surface area contributed by atoms with E-state index in [-0.39, 0.29) is 5.91 Å². The Morgan fingerprint density at radius 1 is 1.32 bits per heavy atom. The summed E-state index contributed by atoms with van der Waals surface area (Å²) in [5.41, 5.74) is 5.98. The number of nitrogens with two attached hydrogens (primary N) is 1. The highest BCUT2D eigenvalue weighted by Gasteiger charge is 2.22. The topological polar surface area (TPSA) is 70.7 Å². The van der Waals surface area contributed by atoms with Crippen molar-refractivity contribution >= 4 is 11.9 Å². The molecule has 2 rings (SSSR count). The average molecular weight is 266 g/mol. The maximum Gasteiger partial charge on any atom is 0.220 e. The fourth-order valence-electron chi connectivity index (χ4n) is 2.30. The van der Waals surface area contributed by atoms with E-state index in [1.165, 1.54) is 12.8 Å². The average Bonchev–Trinajstić information content (AvgIpc) is 3.19. The van der Waals surface area contributed by atoms with Gasteiger partial charge in [-0.2, -0.15) is 0 Å². The van der Waals surface area contributed by atoms with Crippen LogP contribution in [0.5, 0.6) is 0 Å². The minimum Gasteiger partial charge on any atom is -0.370 e. The van der Waals surface area contributed by atoms with Crippen molar-refractivity contribution in [2.75, 3.05) is 19.6 Å². The van der Waals surface area contributed by atoms with Crippen LogP contribution in [0.1, 0.15) is 45.4 Å². The van der Waals surface area contributed by atoms with Crippen LogP contribution in [0.15, 0.2) is 4.99 Å². The first kappa shape index (κ1) is 14.2. The van der Waals surface area contributed by atoms with Gasteiger partial charge >= 0.3 is 0 Å². The summed E-state index contributed by atoms with van der Waals surface area (Å²) in [4.78, 5) is 18.0. The van der Waals surface area contributed by atoms with E-state index in [0.717, 1.165) is 38.3 Å².